The van der Waals surface area contributed by atoms with Crippen LogP contribution in [0, 0.1) is 0 Å². The van der Waals surface area contributed by atoms with E-state index in [-0.39, 0.29) is 17.4 Å². The Hall–Kier alpha value is -3.41. The van der Waals surface area contributed by atoms with Gasteiger partial charge in [-0.05, 0) is 31.2 Å². The lowest BCUT2D eigenvalue weighted by molar-refractivity contribution is 0.0925. The summed E-state index contributed by atoms with van der Waals surface area (Å²) in [6.45, 7) is 1.81. The van der Waals surface area contributed by atoms with Crippen LogP contribution in [-0.2, 0) is 0 Å². The molecule has 0 bridgehead atoms. The van der Waals surface area contributed by atoms with Crippen LogP contribution in [0.2, 0.25) is 0 Å². The Morgan fingerprint density at radius 3 is 2.76 bits per heavy atom. The Kier molecular flexibility index (Phi) is 3.57. The van der Waals surface area contributed by atoms with Gasteiger partial charge in [0.05, 0.1) is 16.9 Å². The molecule has 1 unspecified atom stereocenters. The van der Waals surface area contributed by atoms with Crippen molar-refractivity contribution < 1.29 is 9.21 Å². The molecule has 6 heteroatoms. The molecular weight excluding hydrogens is 318 g/mol. The zero-order valence-corrected chi connectivity index (χ0v) is 13.4. The molecule has 2 N–H and O–H groups in total. The predicted octanol–water partition coefficient (Wildman–Crippen LogP) is 3.16. The maximum Gasteiger partial charge on any atom is 0.287 e. The van der Waals surface area contributed by atoms with Crippen molar-refractivity contribution in [2.45, 2.75) is 13.0 Å². The number of hydrogen-bond acceptors (Lipinski definition) is 4. The SMILES string of the molecule is CC(NC(=O)c1nc2ccccc2c(=O)[nH]1)c1cc2ccccc2o1. The topological polar surface area (TPSA) is 88.0 Å². The van der Waals surface area contributed by atoms with Gasteiger partial charge in [0.1, 0.15) is 11.3 Å². The Balaban J connectivity index is 1.62. The van der Waals surface area contributed by atoms with Gasteiger partial charge in [0.2, 0.25) is 0 Å². The van der Waals surface area contributed by atoms with Gasteiger partial charge >= 0.3 is 0 Å². The number of nitrogens with one attached hydrogen (secondary N) is 2. The smallest absolute Gasteiger partial charge is 0.287 e. The highest BCUT2D eigenvalue weighted by atomic mass is 16.3. The van der Waals surface area contributed by atoms with Crippen LogP contribution in [0.15, 0.2) is 63.8 Å². The van der Waals surface area contributed by atoms with E-state index in [1.165, 1.54) is 0 Å². The molecule has 0 radical (unpaired) electrons. The summed E-state index contributed by atoms with van der Waals surface area (Å²) in [6, 6.07) is 16.0. The third-order valence-corrected chi connectivity index (χ3v) is 4.05. The molecule has 4 rings (SSSR count). The van der Waals surface area contributed by atoms with Gasteiger partial charge in [-0.15, -0.1) is 0 Å². The Bertz CT molecular complexity index is 1110. The van der Waals surface area contributed by atoms with Crippen LogP contribution in [0.3, 0.4) is 0 Å². The van der Waals surface area contributed by atoms with Crippen molar-refractivity contribution in [3.05, 3.63) is 76.5 Å². The number of hydrogen-bond donors (Lipinski definition) is 2. The number of nitrogens with zero attached hydrogens (tertiary/aromatic N) is 1. The van der Waals surface area contributed by atoms with Crippen molar-refractivity contribution in [1.82, 2.24) is 15.3 Å². The highest BCUT2D eigenvalue weighted by Crippen LogP contribution is 2.23. The normalized spacial score (nSPS) is 12.4. The monoisotopic (exact) mass is 333 g/mol. The average Bonchev–Trinajstić information content (AvgIpc) is 3.06. The molecule has 6 nitrogen and oxygen atoms in total. The van der Waals surface area contributed by atoms with Crippen LogP contribution >= 0.6 is 0 Å². The summed E-state index contributed by atoms with van der Waals surface area (Å²) in [5.41, 5.74) is 0.899. The van der Waals surface area contributed by atoms with Crippen LogP contribution in [0.1, 0.15) is 29.3 Å². The van der Waals surface area contributed by atoms with E-state index >= 15 is 0 Å². The number of aromatic amines is 1. The fourth-order valence-electron chi connectivity index (χ4n) is 2.75. The second-order valence-corrected chi connectivity index (χ2v) is 5.81. The van der Waals surface area contributed by atoms with Crippen molar-refractivity contribution in [3.63, 3.8) is 0 Å². The lowest BCUT2D eigenvalue weighted by Gasteiger charge is -2.11. The number of furan rings is 1. The maximum atomic E-state index is 12.5. The minimum Gasteiger partial charge on any atom is -0.459 e. The average molecular weight is 333 g/mol. The Morgan fingerprint density at radius 1 is 1.16 bits per heavy atom. The highest BCUT2D eigenvalue weighted by molar-refractivity contribution is 5.92. The molecule has 0 aliphatic heterocycles. The number of carbonyl (C=O) groups is 1. The van der Waals surface area contributed by atoms with Crippen molar-refractivity contribution in [2.24, 2.45) is 0 Å². The fourth-order valence-corrected chi connectivity index (χ4v) is 2.75. The first-order chi connectivity index (χ1) is 12.1. The van der Waals surface area contributed by atoms with Crippen molar-refractivity contribution in [1.29, 1.82) is 0 Å². The fraction of sp³-hybridized carbons (Fsp3) is 0.105. The second kappa shape index (κ2) is 5.90. The second-order valence-electron chi connectivity index (χ2n) is 5.81. The molecule has 1 atom stereocenters. The van der Waals surface area contributed by atoms with Crippen LogP contribution in [0.25, 0.3) is 21.9 Å². The molecule has 0 aliphatic carbocycles. The van der Waals surface area contributed by atoms with Gasteiger partial charge in [0.25, 0.3) is 11.5 Å². The van der Waals surface area contributed by atoms with E-state index in [9.17, 15) is 9.59 Å². The third-order valence-electron chi connectivity index (χ3n) is 4.05. The van der Waals surface area contributed by atoms with Gasteiger partial charge in [0.15, 0.2) is 5.82 Å². The molecule has 0 fully saturated rings. The largest absolute Gasteiger partial charge is 0.459 e. The molecule has 0 spiro atoms. The van der Waals surface area contributed by atoms with Crippen molar-refractivity contribution in [3.8, 4) is 0 Å². The number of benzene rings is 2. The number of amides is 1. The molecule has 124 valence electrons. The number of fused-ring (bicyclic) bond motifs is 2. The number of aromatic nitrogens is 2. The summed E-state index contributed by atoms with van der Waals surface area (Å²) in [4.78, 5) is 31.3. The Labute approximate surface area is 142 Å². The van der Waals surface area contributed by atoms with Gasteiger partial charge in [0, 0.05) is 5.39 Å². The van der Waals surface area contributed by atoms with Crippen LogP contribution in [0.4, 0.5) is 0 Å². The summed E-state index contributed by atoms with van der Waals surface area (Å²) in [7, 11) is 0. The van der Waals surface area contributed by atoms with Crippen LogP contribution < -0.4 is 10.9 Å². The molecule has 2 aromatic heterocycles. The van der Waals surface area contributed by atoms with E-state index in [1.54, 1.807) is 24.3 Å². The standard InChI is InChI=1S/C19H15N3O3/c1-11(16-10-12-6-2-5-9-15(12)25-16)20-19(24)17-21-14-8-4-3-7-13(14)18(23)22-17/h2-11H,1H3,(H,20,24)(H,21,22,23). The molecule has 25 heavy (non-hydrogen) atoms. The van der Waals surface area contributed by atoms with Gasteiger partial charge in [-0.2, -0.15) is 0 Å². The summed E-state index contributed by atoms with van der Waals surface area (Å²) in [5, 5.41) is 4.22. The van der Waals surface area contributed by atoms with Gasteiger partial charge in [-0.25, -0.2) is 4.98 Å². The number of rotatable bonds is 3. The molecule has 2 heterocycles. The minimum absolute atomic E-state index is 0.0216. The molecule has 0 saturated heterocycles. The summed E-state index contributed by atoms with van der Waals surface area (Å²) >= 11 is 0. The summed E-state index contributed by atoms with van der Waals surface area (Å²) < 4.78 is 5.75. The van der Waals surface area contributed by atoms with E-state index in [0.29, 0.717) is 16.7 Å². The zero-order chi connectivity index (χ0) is 17.4. The van der Waals surface area contributed by atoms with E-state index in [4.69, 9.17) is 4.42 Å². The summed E-state index contributed by atoms with van der Waals surface area (Å²) in [5.74, 6) is 0.153. The van der Waals surface area contributed by atoms with E-state index in [0.717, 1.165) is 11.0 Å². The number of H-pyrrole nitrogens is 1. The molecule has 0 aliphatic rings. The summed E-state index contributed by atoms with van der Waals surface area (Å²) in [6.07, 6.45) is 0. The molecule has 0 saturated carbocycles. The van der Waals surface area contributed by atoms with Crippen molar-refractivity contribution in [2.75, 3.05) is 0 Å². The molecular formula is C19H15N3O3. The lowest BCUT2D eigenvalue weighted by atomic mass is 10.2. The Morgan fingerprint density at radius 2 is 1.92 bits per heavy atom. The maximum absolute atomic E-state index is 12.5. The molecule has 1 amide bonds. The van der Waals surface area contributed by atoms with Gasteiger partial charge in [-0.1, -0.05) is 30.3 Å². The van der Waals surface area contributed by atoms with E-state index < -0.39 is 5.91 Å². The quantitative estimate of drug-likeness (QED) is 0.603. The van der Waals surface area contributed by atoms with Crippen LogP contribution in [-0.4, -0.2) is 15.9 Å². The van der Waals surface area contributed by atoms with Gasteiger partial charge < -0.3 is 14.7 Å². The first-order valence-electron chi connectivity index (χ1n) is 7.90. The van der Waals surface area contributed by atoms with E-state index in [2.05, 4.69) is 15.3 Å². The van der Waals surface area contributed by atoms with Crippen LogP contribution in [0.5, 0.6) is 0 Å². The lowest BCUT2D eigenvalue weighted by Crippen LogP contribution is -2.30. The van der Waals surface area contributed by atoms with Crippen molar-refractivity contribution >= 4 is 27.8 Å². The number of carbonyl (C=O) groups excluding carboxylic acids is 1. The number of para-hydroxylation sites is 2. The first-order valence-corrected chi connectivity index (χ1v) is 7.90. The van der Waals surface area contributed by atoms with E-state index in [1.807, 2.05) is 37.3 Å². The minimum atomic E-state index is -0.462. The first kappa shape index (κ1) is 15.1. The molecule has 4 aromatic rings. The third kappa shape index (κ3) is 2.78. The van der Waals surface area contributed by atoms with Gasteiger partial charge in [-0.3, -0.25) is 9.59 Å². The predicted molar refractivity (Wildman–Crippen MR) is 94.5 cm³/mol. The molecule has 2 aromatic carbocycles. The zero-order valence-electron chi connectivity index (χ0n) is 13.4. The highest BCUT2D eigenvalue weighted by Gasteiger charge is 2.17.